The summed E-state index contributed by atoms with van der Waals surface area (Å²) in [4.78, 5) is 8.90. The standard InChI is InChI=1S/C6H14.C2H4Cl2.C2HF3O2.C2H6O/c1-3-5-6-4-2;3-1-2-4;3-2(4,5)1(6)7;1-2-3/h3-6H2,1-2H3;1-2H2;(H,6,7);3H,2H2,1H3. The van der Waals surface area contributed by atoms with Gasteiger partial charge in [0.05, 0.1) is 0 Å². The van der Waals surface area contributed by atoms with Crippen LogP contribution in [0.5, 0.6) is 0 Å². The summed E-state index contributed by atoms with van der Waals surface area (Å²) in [7, 11) is 0. The number of hydrogen-bond donors (Lipinski definition) is 2. The summed E-state index contributed by atoms with van der Waals surface area (Å²) in [5, 5.41) is 14.7. The van der Waals surface area contributed by atoms with Crippen LogP contribution in [0.2, 0.25) is 0 Å². The number of aliphatic hydroxyl groups is 1. The average Bonchev–Trinajstić information content (AvgIpc) is 2.37. The maximum absolute atomic E-state index is 10.6. The van der Waals surface area contributed by atoms with E-state index in [0.717, 1.165) is 0 Å². The van der Waals surface area contributed by atoms with E-state index in [2.05, 4.69) is 13.8 Å². The summed E-state index contributed by atoms with van der Waals surface area (Å²) >= 11 is 10.1. The van der Waals surface area contributed by atoms with E-state index in [-0.39, 0.29) is 6.61 Å². The lowest BCUT2D eigenvalue weighted by molar-refractivity contribution is -0.192. The fraction of sp³-hybridized carbons (Fsp3) is 0.917. The van der Waals surface area contributed by atoms with Gasteiger partial charge in [0, 0.05) is 18.4 Å². The molecule has 20 heavy (non-hydrogen) atoms. The zero-order chi connectivity index (χ0) is 17.0. The van der Waals surface area contributed by atoms with E-state index in [0.29, 0.717) is 11.8 Å². The van der Waals surface area contributed by atoms with Crippen molar-refractivity contribution >= 4 is 29.2 Å². The Morgan fingerprint density at radius 1 is 1.00 bits per heavy atom. The molecule has 0 unspecified atom stereocenters. The first-order valence-corrected chi connectivity index (χ1v) is 7.29. The van der Waals surface area contributed by atoms with Gasteiger partial charge < -0.3 is 10.2 Å². The highest BCUT2D eigenvalue weighted by atomic mass is 35.5. The minimum Gasteiger partial charge on any atom is -0.475 e. The molecule has 0 aliphatic carbocycles. The van der Waals surface area contributed by atoms with Gasteiger partial charge in [-0.05, 0) is 6.92 Å². The van der Waals surface area contributed by atoms with Crippen LogP contribution in [0.25, 0.3) is 0 Å². The highest BCUT2D eigenvalue weighted by molar-refractivity contribution is 6.25. The van der Waals surface area contributed by atoms with E-state index < -0.39 is 12.1 Å². The van der Waals surface area contributed by atoms with Crippen molar-refractivity contribution in [3.8, 4) is 0 Å². The van der Waals surface area contributed by atoms with E-state index in [1.165, 1.54) is 25.7 Å². The smallest absolute Gasteiger partial charge is 0.475 e. The van der Waals surface area contributed by atoms with Crippen molar-refractivity contribution in [3.63, 3.8) is 0 Å². The van der Waals surface area contributed by atoms with Crippen LogP contribution in [-0.2, 0) is 4.79 Å². The largest absolute Gasteiger partial charge is 0.490 e. The molecular formula is C12H25Cl2F3O3. The normalized spacial score (nSPS) is 9.05. The first kappa shape index (κ1) is 28.0. The van der Waals surface area contributed by atoms with Gasteiger partial charge in [0.2, 0.25) is 0 Å². The molecule has 0 aliphatic rings. The highest BCUT2D eigenvalue weighted by Crippen LogP contribution is 2.13. The number of hydrogen-bond acceptors (Lipinski definition) is 2. The summed E-state index contributed by atoms with van der Waals surface area (Å²) in [6, 6.07) is 0. The first-order chi connectivity index (χ1) is 9.19. The number of alkyl halides is 5. The van der Waals surface area contributed by atoms with Gasteiger partial charge >= 0.3 is 12.1 Å². The molecule has 2 N–H and O–H groups in total. The third-order valence-corrected chi connectivity index (χ3v) is 1.84. The van der Waals surface area contributed by atoms with Crippen molar-refractivity contribution < 1.29 is 28.2 Å². The van der Waals surface area contributed by atoms with Crippen molar-refractivity contribution in [2.45, 2.75) is 52.6 Å². The lowest BCUT2D eigenvalue weighted by Gasteiger charge is -1.93. The topological polar surface area (TPSA) is 57.5 Å². The van der Waals surface area contributed by atoms with E-state index in [9.17, 15) is 13.2 Å². The second-order valence-corrected chi connectivity index (χ2v) is 3.96. The van der Waals surface area contributed by atoms with Crippen LogP contribution >= 0.6 is 23.2 Å². The molecule has 0 radical (unpaired) electrons. The van der Waals surface area contributed by atoms with Crippen LogP contribution < -0.4 is 0 Å². The summed E-state index contributed by atoms with van der Waals surface area (Å²) in [5.41, 5.74) is 0. The molecule has 126 valence electrons. The molecule has 0 bridgehead atoms. The second-order valence-electron chi connectivity index (χ2n) is 3.20. The Morgan fingerprint density at radius 3 is 1.25 bits per heavy atom. The van der Waals surface area contributed by atoms with Crippen molar-refractivity contribution in [2.75, 3.05) is 18.4 Å². The van der Waals surface area contributed by atoms with Crippen LogP contribution in [0.1, 0.15) is 46.5 Å². The zero-order valence-corrected chi connectivity index (χ0v) is 13.7. The van der Waals surface area contributed by atoms with Gasteiger partial charge in [0.25, 0.3) is 0 Å². The van der Waals surface area contributed by atoms with E-state index in [4.69, 9.17) is 38.2 Å². The molecule has 0 saturated heterocycles. The van der Waals surface area contributed by atoms with Crippen molar-refractivity contribution in [2.24, 2.45) is 0 Å². The van der Waals surface area contributed by atoms with E-state index in [1.54, 1.807) is 6.92 Å². The Bertz CT molecular complexity index is 174. The van der Waals surface area contributed by atoms with Crippen molar-refractivity contribution in [3.05, 3.63) is 0 Å². The molecule has 8 heteroatoms. The monoisotopic (exact) mass is 344 g/mol. The van der Waals surface area contributed by atoms with Crippen LogP contribution in [0.3, 0.4) is 0 Å². The third-order valence-electron chi connectivity index (χ3n) is 1.27. The number of aliphatic hydroxyl groups excluding tert-OH is 1. The number of halogens is 5. The number of aliphatic carboxylic acids is 1. The SMILES string of the molecule is CCCCCC.CCO.ClCCCl.O=C(O)C(F)(F)F. The molecule has 0 aliphatic heterocycles. The van der Waals surface area contributed by atoms with Gasteiger partial charge in [-0.15, -0.1) is 23.2 Å². The molecule has 0 aromatic rings. The number of carboxylic acids is 1. The number of carboxylic acid groups (broad SMARTS) is 1. The van der Waals surface area contributed by atoms with Crippen LogP contribution in [0, 0.1) is 0 Å². The maximum Gasteiger partial charge on any atom is 0.490 e. The molecule has 0 atom stereocenters. The van der Waals surface area contributed by atoms with Crippen LogP contribution in [-0.4, -0.2) is 40.7 Å². The average molecular weight is 345 g/mol. The molecule has 0 amide bonds. The minimum atomic E-state index is -5.08. The summed E-state index contributed by atoms with van der Waals surface area (Å²) in [6.07, 6.45) is 0.453. The van der Waals surface area contributed by atoms with Gasteiger partial charge in [-0.3, -0.25) is 0 Å². The molecule has 0 heterocycles. The molecule has 0 fully saturated rings. The first-order valence-electron chi connectivity index (χ1n) is 6.22. The highest BCUT2D eigenvalue weighted by Gasteiger charge is 2.38. The molecule has 0 aromatic heterocycles. The fourth-order valence-corrected chi connectivity index (χ4v) is 0.500. The Balaban J connectivity index is -0.0000000899. The summed E-state index contributed by atoms with van der Waals surface area (Å²) < 4.78 is 31.7. The summed E-state index contributed by atoms with van der Waals surface area (Å²) in [5.74, 6) is -1.64. The summed E-state index contributed by atoms with van der Waals surface area (Å²) in [6.45, 7) is 6.39. The van der Waals surface area contributed by atoms with E-state index >= 15 is 0 Å². The second kappa shape index (κ2) is 23.9. The Hall–Kier alpha value is -0.200. The quantitative estimate of drug-likeness (QED) is 0.574. The van der Waals surface area contributed by atoms with Crippen LogP contribution in [0.15, 0.2) is 0 Å². The molecule has 0 saturated carbocycles. The van der Waals surface area contributed by atoms with Crippen molar-refractivity contribution in [1.82, 2.24) is 0 Å². The van der Waals surface area contributed by atoms with Gasteiger partial charge in [0.1, 0.15) is 0 Å². The van der Waals surface area contributed by atoms with E-state index in [1.807, 2.05) is 0 Å². The lowest BCUT2D eigenvalue weighted by atomic mass is 10.2. The Kier molecular flexibility index (Phi) is 33.4. The minimum absolute atomic E-state index is 0.250. The Labute approximate surface area is 129 Å². The van der Waals surface area contributed by atoms with Gasteiger partial charge in [-0.2, -0.15) is 13.2 Å². The molecule has 0 aromatic carbocycles. The number of carbonyl (C=O) groups is 1. The number of rotatable bonds is 4. The molecule has 3 nitrogen and oxygen atoms in total. The maximum atomic E-state index is 10.6. The Morgan fingerprint density at radius 2 is 1.20 bits per heavy atom. The van der Waals surface area contributed by atoms with Gasteiger partial charge in [-0.25, -0.2) is 4.79 Å². The molecule has 0 spiro atoms. The van der Waals surface area contributed by atoms with Crippen LogP contribution in [0.4, 0.5) is 13.2 Å². The molecular weight excluding hydrogens is 320 g/mol. The number of unbranched alkanes of at least 4 members (excludes halogenated alkanes) is 3. The van der Waals surface area contributed by atoms with Gasteiger partial charge in [0.15, 0.2) is 0 Å². The predicted molar refractivity (Wildman–Crippen MR) is 77.7 cm³/mol. The molecule has 0 rings (SSSR count). The van der Waals surface area contributed by atoms with Crippen molar-refractivity contribution in [1.29, 1.82) is 0 Å². The zero-order valence-electron chi connectivity index (χ0n) is 12.1. The predicted octanol–water partition coefficient (Wildman–Crippen LogP) is 4.68. The third kappa shape index (κ3) is 52.3. The lowest BCUT2D eigenvalue weighted by Crippen LogP contribution is -2.21. The van der Waals surface area contributed by atoms with Gasteiger partial charge in [-0.1, -0.05) is 39.5 Å². The fourth-order valence-electron chi connectivity index (χ4n) is 0.500.